The molecule has 8 aromatic carbocycles. The van der Waals surface area contributed by atoms with Gasteiger partial charge in [-0.1, -0.05) is 127 Å². The molecule has 0 atom stereocenters. The van der Waals surface area contributed by atoms with Crippen LogP contribution in [0.4, 0.5) is 0 Å². The highest BCUT2D eigenvalue weighted by Gasteiger charge is 2.21. The molecule has 0 spiro atoms. The second kappa shape index (κ2) is 10.8. The van der Waals surface area contributed by atoms with Crippen molar-refractivity contribution in [1.82, 2.24) is 9.13 Å². The number of furan rings is 1. The van der Waals surface area contributed by atoms with Crippen molar-refractivity contribution in [2.45, 2.75) is 0 Å². The van der Waals surface area contributed by atoms with Crippen LogP contribution in [-0.4, -0.2) is 9.13 Å². The van der Waals surface area contributed by atoms with Crippen molar-refractivity contribution < 1.29 is 4.42 Å². The molecule has 0 bridgehead atoms. The fourth-order valence-electron chi connectivity index (χ4n) is 8.21. The van der Waals surface area contributed by atoms with Crippen LogP contribution in [0.15, 0.2) is 186 Å². The molecule has 0 saturated carbocycles. The topological polar surface area (TPSA) is 23.0 Å². The van der Waals surface area contributed by atoms with E-state index in [0.717, 1.165) is 44.3 Å². The average Bonchev–Trinajstić information content (AvgIpc) is 3.85. The summed E-state index contributed by atoms with van der Waals surface area (Å²) in [5, 5.41) is 7.17. The molecule has 0 aliphatic heterocycles. The first-order valence-corrected chi connectivity index (χ1v) is 17.4. The molecule has 0 N–H and O–H groups in total. The molecule has 3 heteroatoms. The highest BCUT2D eigenvalue weighted by molar-refractivity contribution is 6.20. The molecule has 0 radical (unpaired) electrons. The van der Waals surface area contributed by atoms with E-state index >= 15 is 0 Å². The maximum atomic E-state index is 6.60. The van der Waals surface area contributed by atoms with Gasteiger partial charge in [-0.25, -0.2) is 0 Å². The minimum absolute atomic E-state index is 0.896. The van der Waals surface area contributed by atoms with Gasteiger partial charge in [-0.2, -0.15) is 0 Å². The number of para-hydroxylation sites is 4. The molecule has 3 aromatic heterocycles. The largest absolute Gasteiger partial charge is 0.454 e. The van der Waals surface area contributed by atoms with E-state index in [1.807, 2.05) is 6.07 Å². The summed E-state index contributed by atoms with van der Waals surface area (Å²) in [6.07, 6.45) is 0. The number of benzene rings is 8. The van der Waals surface area contributed by atoms with E-state index < -0.39 is 0 Å². The Hall–Kier alpha value is -6.84. The van der Waals surface area contributed by atoms with E-state index in [2.05, 4.69) is 185 Å². The van der Waals surface area contributed by atoms with Gasteiger partial charge in [-0.3, -0.25) is 0 Å². The second-order valence-corrected chi connectivity index (χ2v) is 13.3. The summed E-state index contributed by atoms with van der Waals surface area (Å²) >= 11 is 0. The number of fused-ring (bicyclic) bond motifs is 9. The molecule has 3 nitrogen and oxygen atoms in total. The van der Waals surface area contributed by atoms with Gasteiger partial charge in [0.1, 0.15) is 5.58 Å². The first kappa shape index (κ1) is 28.0. The lowest BCUT2D eigenvalue weighted by Gasteiger charge is -2.12. The Bertz CT molecular complexity index is 3140. The van der Waals surface area contributed by atoms with Crippen molar-refractivity contribution in [3.05, 3.63) is 182 Å². The summed E-state index contributed by atoms with van der Waals surface area (Å²) in [5.74, 6) is 0. The number of aromatic nitrogens is 2. The maximum Gasteiger partial charge on any atom is 0.159 e. The zero-order valence-electron chi connectivity index (χ0n) is 27.6. The molecule has 238 valence electrons. The van der Waals surface area contributed by atoms with Crippen molar-refractivity contribution in [3.8, 4) is 33.6 Å². The van der Waals surface area contributed by atoms with Crippen LogP contribution >= 0.6 is 0 Å². The Morgan fingerprint density at radius 3 is 1.65 bits per heavy atom. The smallest absolute Gasteiger partial charge is 0.159 e. The predicted octanol–water partition coefficient (Wildman–Crippen LogP) is 13.1. The van der Waals surface area contributed by atoms with Crippen LogP contribution in [0, 0.1) is 0 Å². The number of hydrogen-bond donors (Lipinski definition) is 0. The SMILES string of the molecule is c1ccc(-c2cccc(-c3cccc(-n4c5ccccc5c5cc6c7ccccc7n(-c7cccc8c7oc7ccccc78)c6cc54)c3)c2)cc1. The van der Waals surface area contributed by atoms with Crippen molar-refractivity contribution in [2.24, 2.45) is 0 Å². The molecule has 51 heavy (non-hydrogen) atoms. The van der Waals surface area contributed by atoms with Gasteiger partial charge in [0.15, 0.2) is 5.58 Å². The second-order valence-electron chi connectivity index (χ2n) is 13.3. The first-order chi connectivity index (χ1) is 25.3. The Morgan fingerprint density at radius 1 is 0.314 bits per heavy atom. The summed E-state index contributed by atoms with van der Waals surface area (Å²) < 4.78 is 11.4. The average molecular weight is 651 g/mol. The van der Waals surface area contributed by atoms with Crippen molar-refractivity contribution in [3.63, 3.8) is 0 Å². The van der Waals surface area contributed by atoms with E-state index in [0.29, 0.717) is 0 Å². The summed E-state index contributed by atoms with van der Waals surface area (Å²) in [4.78, 5) is 0. The van der Waals surface area contributed by atoms with Gasteiger partial charge in [0.2, 0.25) is 0 Å². The molecular formula is C48H30N2O. The van der Waals surface area contributed by atoms with Gasteiger partial charge in [0, 0.05) is 38.0 Å². The molecule has 0 fully saturated rings. The number of hydrogen-bond acceptors (Lipinski definition) is 1. The highest BCUT2D eigenvalue weighted by atomic mass is 16.3. The maximum absolute atomic E-state index is 6.60. The lowest BCUT2D eigenvalue weighted by molar-refractivity contribution is 0.666. The summed E-state index contributed by atoms with van der Waals surface area (Å²) in [6.45, 7) is 0. The molecule has 3 heterocycles. The summed E-state index contributed by atoms with van der Waals surface area (Å²) in [5.41, 5.74) is 13.4. The zero-order chi connectivity index (χ0) is 33.5. The van der Waals surface area contributed by atoms with Gasteiger partial charge in [-0.05, 0) is 76.9 Å². The molecule has 11 aromatic rings. The van der Waals surface area contributed by atoms with E-state index in [9.17, 15) is 0 Å². The van der Waals surface area contributed by atoms with Crippen LogP contribution in [0.25, 0.3) is 99.2 Å². The third-order valence-corrected chi connectivity index (χ3v) is 10.5. The fraction of sp³-hybridized carbons (Fsp3) is 0. The summed E-state index contributed by atoms with van der Waals surface area (Å²) in [7, 11) is 0. The van der Waals surface area contributed by atoms with E-state index in [4.69, 9.17) is 4.42 Å². The number of nitrogens with zero attached hydrogens (tertiary/aromatic N) is 2. The minimum atomic E-state index is 0.896. The fourth-order valence-corrected chi connectivity index (χ4v) is 8.21. The normalized spacial score (nSPS) is 11.9. The van der Waals surface area contributed by atoms with Crippen molar-refractivity contribution in [1.29, 1.82) is 0 Å². The monoisotopic (exact) mass is 650 g/mol. The number of rotatable bonds is 4. The Labute approximate surface area is 293 Å². The van der Waals surface area contributed by atoms with Crippen LogP contribution in [0.1, 0.15) is 0 Å². The standard InChI is InChI=1S/C48H30N2O/c1-2-13-31(14-3-1)32-15-10-16-33(27-32)34-17-11-18-35(28-34)49-42-23-7-4-19-36(42)40-29-41-37-20-5-8-24-43(37)50(46(41)30-45(40)49)44-25-12-22-39-38-21-6-9-26-47(38)51-48(39)44/h1-30H. The van der Waals surface area contributed by atoms with Gasteiger partial charge in [-0.15, -0.1) is 0 Å². The minimum Gasteiger partial charge on any atom is -0.454 e. The van der Waals surface area contributed by atoms with Gasteiger partial charge in [0.25, 0.3) is 0 Å². The third-order valence-electron chi connectivity index (χ3n) is 10.5. The quantitative estimate of drug-likeness (QED) is 0.186. The molecule has 0 aliphatic rings. The van der Waals surface area contributed by atoms with Gasteiger partial charge >= 0.3 is 0 Å². The van der Waals surface area contributed by atoms with Crippen LogP contribution in [-0.2, 0) is 0 Å². The summed E-state index contributed by atoms with van der Waals surface area (Å²) in [6, 6.07) is 65.5. The Balaban J connectivity index is 1.18. The van der Waals surface area contributed by atoms with Crippen LogP contribution in [0.3, 0.4) is 0 Å². The van der Waals surface area contributed by atoms with Crippen LogP contribution in [0.5, 0.6) is 0 Å². The molecule has 0 amide bonds. The molecular weight excluding hydrogens is 621 g/mol. The lowest BCUT2D eigenvalue weighted by atomic mass is 9.99. The molecule has 0 unspecified atom stereocenters. The first-order valence-electron chi connectivity index (χ1n) is 17.4. The van der Waals surface area contributed by atoms with E-state index in [1.54, 1.807) is 0 Å². The molecule has 11 rings (SSSR count). The Morgan fingerprint density at radius 2 is 0.863 bits per heavy atom. The van der Waals surface area contributed by atoms with Crippen molar-refractivity contribution >= 4 is 65.6 Å². The van der Waals surface area contributed by atoms with Crippen LogP contribution < -0.4 is 0 Å². The van der Waals surface area contributed by atoms with E-state index in [-0.39, 0.29) is 0 Å². The predicted molar refractivity (Wildman–Crippen MR) is 213 cm³/mol. The van der Waals surface area contributed by atoms with E-state index in [1.165, 1.54) is 54.8 Å². The third kappa shape index (κ3) is 4.19. The van der Waals surface area contributed by atoms with Gasteiger partial charge < -0.3 is 13.6 Å². The zero-order valence-corrected chi connectivity index (χ0v) is 27.6. The van der Waals surface area contributed by atoms with Crippen molar-refractivity contribution in [2.75, 3.05) is 0 Å². The Kier molecular flexibility index (Phi) is 5.96. The highest BCUT2D eigenvalue weighted by Crippen LogP contribution is 2.42. The molecule has 0 aliphatic carbocycles. The van der Waals surface area contributed by atoms with Gasteiger partial charge in [0.05, 0.1) is 27.8 Å². The molecule has 0 saturated heterocycles. The lowest BCUT2D eigenvalue weighted by Crippen LogP contribution is -1.96. The van der Waals surface area contributed by atoms with Crippen LogP contribution in [0.2, 0.25) is 0 Å².